The number of fused-ring (bicyclic) bond motifs is 1. The van der Waals surface area contributed by atoms with E-state index in [1.54, 1.807) is 26.2 Å². The zero-order valence-corrected chi connectivity index (χ0v) is 28.3. The molecule has 0 bridgehead atoms. The maximum atomic E-state index is 13.1. The van der Waals surface area contributed by atoms with E-state index in [1.165, 1.54) is 4.80 Å². The fourth-order valence-corrected chi connectivity index (χ4v) is 7.05. The van der Waals surface area contributed by atoms with E-state index in [-0.39, 0.29) is 24.2 Å². The predicted octanol–water partition coefficient (Wildman–Crippen LogP) is 5.23. The molecular weight excluding hydrogens is 596 g/mol. The molecule has 3 aromatic carbocycles. The summed E-state index contributed by atoms with van der Waals surface area (Å²) < 4.78 is 5.31. The lowest BCUT2D eigenvalue weighted by Gasteiger charge is -2.55. The Kier molecular flexibility index (Phi) is 9.03. The van der Waals surface area contributed by atoms with Gasteiger partial charge in [0.15, 0.2) is 0 Å². The Labute approximate surface area is 275 Å². The first-order valence-electron chi connectivity index (χ1n) is 15.9. The van der Waals surface area contributed by atoms with Crippen molar-refractivity contribution in [2.24, 2.45) is 0 Å². The van der Waals surface area contributed by atoms with Gasteiger partial charge < -0.3 is 25.4 Å². The van der Waals surface area contributed by atoms with Crippen molar-refractivity contribution in [1.29, 1.82) is 0 Å². The summed E-state index contributed by atoms with van der Waals surface area (Å²) in [5.74, 6) is -0.731. The maximum Gasteiger partial charge on any atom is 0.309 e. The third-order valence-corrected chi connectivity index (χ3v) is 8.88. The molecule has 5 rings (SSSR count). The van der Waals surface area contributed by atoms with Crippen molar-refractivity contribution in [3.63, 3.8) is 0 Å². The van der Waals surface area contributed by atoms with Crippen molar-refractivity contribution >= 4 is 28.8 Å². The highest BCUT2D eigenvalue weighted by Crippen LogP contribution is 2.38. The molecule has 1 aliphatic rings. The van der Waals surface area contributed by atoms with Crippen LogP contribution in [0.3, 0.4) is 0 Å². The number of piperidine rings is 1. The minimum absolute atomic E-state index is 0.0303. The molecule has 11 nitrogen and oxygen atoms in total. The molecule has 0 atom stereocenters. The number of nitrogens with one attached hydrogen (secondary N) is 2. The summed E-state index contributed by atoms with van der Waals surface area (Å²) in [4.78, 5) is 41.8. The standard InChI is InChI=1S/C36H44N6O5/c1-21(2)24-11-14-29-30(16-24)40-42(39-29)31-17-25(23-9-12-28(47-8)13-10-23)15-26(32(31)44)20-37-33(45)34(46)38-27-18-35(4,5)41(22(3)43)36(6,7)19-27/h9-17,21,27,44H,18-20H2,1-8H3,(H,37,45)(H,38,46). The molecule has 0 radical (unpaired) electrons. The van der Waals surface area contributed by atoms with E-state index >= 15 is 0 Å². The number of likely N-dealkylation sites (tertiary alicyclic amines) is 1. The SMILES string of the molecule is COc1ccc(-c2cc(CNC(=O)C(=O)NC3CC(C)(C)N(C(C)=O)C(C)(C)C3)c(O)c(-n3nc4ccc(C(C)C)cc4n3)c2)cc1. The van der Waals surface area contributed by atoms with Gasteiger partial charge in [-0.1, -0.05) is 32.0 Å². The van der Waals surface area contributed by atoms with Crippen LogP contribution in [0.15, 0.2) is 54.6 Å². The van der Waals surface area contributed by atoms with Crippen LogP contribution in [-0.4, -0.2) is 67.0 Å². The minimum Gasteiger partial charge on any atom is -0.505 e. The van der Waals surface area contributed by atoms with Gasteiger partial charge in [0.25, 0.3) is 0 Å². The minimum atomic E-state index is -0.824. The van der Waals surface area contributed by atoms with Gasteiger partial charge in [0.05, 0.1) is 7.11 Å². The molecule has 0 saturated carbocycles. The molecule has 3 amide bonds. The highest BCUT2D eigenvalue weighted by Gasteiger charge is 2.47. The van der Waals surface area contributed by atoms with Gasteiger partial charge in [-0.3, -0.25) is 14.4 Å². The van der Waals surface area contributed by atoms with E-state index in [4.69, 9.17) is 4.74 Å². The number of carbonyl (C=O) groups is 3. The van der Waals surface area contributed by atoms with E-state index in [0.29, 0.717) is 46.8 Å². The molecule has 2 heterocycles. The number of carbonyl (C=O) groups excluding carboxylic acids is 3. The lowest BCUT2D eigenvalue weighted by molar-refractivity contribution is -0.149. The van der Waals surface area contributed by atoms with Crippen molar-refractivity contribution in [1.82, 2.24) is 30.5 Å². The zero-order chi connectivity index (χ0) is 34.3. The normalized spacial score (nSPS) is 15.9. The van der Waals surface area contributed by atoms with Crippen LogP contribution in [0.5, 0.6) is 11.5 Å². The first kappa shape index (κ1) is 33.4. The van der Waals surface area contributed by atoms with E-state index < -0.39 is 22.9 Å². The van der Waals surface area contributed by atoms with Crippen LogP contribution in [0.2, 0.25) is 0 Å². The second-order valence-corrected chi connectivity index (χ2v) is 13.9. The average molecular weight is 641 g/mol. The number of methoxy groups -OCH3 is 1. The van der Waals surface area contributed by atoms with Crippen LogP contribution in [0, 0.1) is 0 Å². The Morgan fingerprint density at radius 2 is 1.55 bits per heavy atom. The lowest BCUT2D eigenvalue weighted by atomic mass is 9.77. The summed E-state index contributed by atoms with van der Waals surface area (Å²) >= 11 is 0. The molecule has 1 aromatic heterocycles. The molecule has 248 valence electrons. The summed E-state index contributed by atoms with van der Waals surface area (Å²) in [6.45, 7) is 13.5. The Bertz CT molecular complexity index is 1810. The number of benzene rings is 3. The Morgan fingerprint density at radius 1 is 0.915 bits per heavy atom. The van der Waals surface area contributed by atoms with Crippen molar-refractivity contribution in [2.75, 3.05) is 7.11 Å². The fourth-order valence-electron chi connectivity index (χ4n) is 7.05. The molecule has 0 aliphatic carbocycles. The number of phenols is 1. The second kappa shape index (κ2) is 12.7. The van der Waals surface area contributed by atoms with E-state index in [9.17, 15) is 19.5 Å². The molecule has 11 heteroatoms. The maximum absolute atomic E-state index is 13.1. The average Bonchev–Trinajstić information content (AvgIpc) is 3.42. The number of nitrogens with zero attached hydrogens (tertiary/aromatic N) is 4. The number of hydrogen-bond donors (Lipinski definition) is 3. The molecule has 1 fully saturated rings. The number of ether oxygens (including phenoxy) is 1. The van der Waals surface area contributed by atoms with Crippen molar-refractivity contribution in [3.8, 4) is 28.3 Å². The van der Waals surface area contributed by atoms with Crippen LogP contribution >= 0.6 is 0 Å². The summed E-state index contributed by atoms with van der Waals surface area (Å²) in [6.07, 6.45) is 1.01. The summed E-state index contributed by atoms with van der Waals surface area (Å²) in [5, 5.41) is 26.3. The van der Waals surface area contributed by atoms with E-state index in [2.05, 4.69) is 34.7 Å². The predicted molar refractivity (Wildman–Crippen MR) is 180 cm³/mol. The van der Waals surface area contributed by atoms with Gasteiger partial charge in [0.1, 0.15) is 28.2 Å². The van der Waals surface area contributed by atoms with Crippen molar-refractivity contribution in [3.05, 3.63) is 65.7 Å². The quantitative estimate of drug-likeness (QED) is 0.235. The van der Waals surface area contributed by atoms with Gasteiger partial charge in [-0.25, -0.2) is 0 Å². The second-order valence-electron chi connectivity index (χ2n) is 13.9. The van der Waals surface area contributed by atoms with Gasteiger partial charge in [0, 0.05) is 36.2 Å². The third-order valence-electron chi connectivity index (χ3n) is 8.88. The van der Waals surface area contributed by atoms with Gasteiger partial charge in [-0.15, -0.1) is 15.0 Å². The fraction of sp³-hybridized carbons (Fsp3) is 0.417. The molecule has 1 saturated heterocycles. The number of aromatic nitrogens is 3. The first-order valence-corrected chi connectivity index (χ1v) is 15.9. The lowest BCUT2D eigenvalue weighted by Crippen LogP contribution is -2.66. The molecule has 0 unspecified atom stereocenters. The summed E-state index contributed by atoms with van der Waals surface area (Å²) in [5.41, 5.74) is 3.79. The van der Waals surface area contributed by atoms with Crippen molar-refractivity contribution in [2.45, 2.75) is 90.9 Å². The van der Waals surface area contributed by atoms with Crippen molar-refractivity contribution < 1.29 is 24.2 Å². The highest BCUT2D eigenvalue weighted by atomic mass is 16.5. The number of hydrogen-bond acceptors (Lipinski definition) is 7. The monoisotopic (exact) mass is 640 g/mol. The summed E-state index contributed by atoms with van der Waals surface area (Å²) in [6, 6.07) is 16.6. The Morgan fingerprint density at radius 3 is 2.15 bits per heavy atom. The Hall–Kier alpha value is -4.93. The van der Waals surface area contributed by atoms with Crippen LogP contribution in [0.1, 0.15) is 78.4 Å². The highest BCUT2D eigenvalue weighted by molar-refractivity contribution is 6.35. The topological polar surface area (TPSA) is 139 Å². The summed E-state index contributed by atoms with van der Waals surface area (Å²) in [7, 11) is 1.60. The van der Waals surface area contributed by atoms with Crippen LogP contribution < -0.4 is 15.4 Å². The van der Waals surface area contributed by atoms with Gasteiger partial charge in [-0.2, -0.15) is 0 Å². The van der Waals surface area contributed by atoms with Crippen LogP contribution in [0.4, 0.5) is 0 Å². The zero-order valence-electron chi connectivity index (χ0n) is 28.3. The third kappa shape index (κ3) is 6.94. The largest absolute Gasteiger partial charge is 0.505 e. The molecule has 3 N–H and O–H groups in total. The molecule has 0 spiro atoms. The van der Waals surface area contributed by atoms with Gasteiger partial charge in [-0.05, 0) is 99.5 Å². The van der Waals surface area contributed by atoms with E-state index in [1.807, 2.05) is 75.1 Å². The first-order chi connectivity index (χ1) is 22.1. The number of amides is 3. The van der Waals surface area contributed by atoms with Gasteiger partial charge >= 0.3 is 11.8 Å². The smallest absolute Gasteiger partial charge is 0.309 e. The van der Waals surface area contributed by atoms with Crippen LogP contribution in [0.25, 0.3) is 27.8 Å². The molecular formula is C36H44N6O5. The molecule has 1 aliphatic heterocycles. The molecule has 4 aromatic rings. The number of rotatable bonds is 7. The number of aromatic hydroxyl groups is 1. The number of phenolic OH excluding ortho intramolecular Hbond substituents is 1. The Balaban J connectivity index is 1.40. The van der Waals surface area contributed by atoms with E-state index in [0.717, 1.165) is 16.7 Å². The van der Waals surface area contributed by atoms with Crippen LogP contribution in [-0.2, 0) is 20.9 Å². The van der Waals surface area contributed by atoms with Gasteiger partial charge in [0.2, 0.25) is 5.91 Å². The molecule has 47 heavy (non-hydrogen) atoms.